The van der Waals surface area contributed by atoms with Gasteiger partial charge in [-0.25, -0.2) is 12.7 Å². The SMILES string of the molecule is CN(C)S(=O)(=O)c1ccc2c(c1)N(CC(=O)NCCc1cccs1)C(=O)[C@@H]1CCCCN21. The van der Waals surface area contributed by atoms with E-state index in [-0.39, 0.29) is 29.3 Å². The highest BCUT2D eigenvalue weighted by atomic mass is 32.2. The minimum atomic E-state index is -3.67. The van der Waals surface area contributed by atoms with E-state index in [1.807, 2.05) is 17.5 Å². The number of amides is 2. The number of hydrogen-bond donors (Lipinski definition) is 1. The van der Waals surface area contributed by atoms with Crippen LogP contribution in [0.3, 0.4) is 0 Å². The van der Waals surface area contributed by atoms with Crippen molar-refractivity contribution in [3.05, 3.63) is 40.6 Å². The van der Waals surface area contributed by atoms with E-state index in [1.165, 1.54) is 29.9 Å². The first kappa shape index (κ1) is 22.8. The van der Waals surface area contributed by atoms with Gasteiger partial charge in [0.25, 0.3) is 0 Å². The molecule has 3 heterocycles. The van der Waals surface area contributed by atoms with Crippen molar-refractivity contribution in [2.24, 2.45) is 0 Å². The molecule has 1 N–H and O–H groups in total. The van der Waals surface area contributed by atoms with Gasteiger partial charge >= 0.3 is 0 Å². The molecule has 0 radical (unpaired) electrons. The summed E-state index contributed by atoms with van der Waals surface area (Å²) in [5, 5.41) is 4.88. The number of thiophene rings is 1. The van der Waals surface area contributed by atoms with Gasteiger partial charge in [-0.15, -0.1) is 11.3 Å². The molecule has 0 spiro atoms. The fourth-order valence-electron chi connectivity index (χ4n) is 4.25. The molecule has 0 saturated carbocycles. The van der Waals surface area contributed by atoms with Crippen LogP contribution >= 0.6 is 11.3 Å². The van der Waals surface area contributed by atoms with Crippen molar-refractivity contribution in [2.45, 2.75) is 36.6 Å². The second-order valence-electron chi connectivity index (χ2n) is 8.25. The van der Waals surface area contributed by atoms with E-state index in [0.717, 1.165) is 42.2 Å². The summed E-state index contributed by atoms with van der Waals surface area (Å²) < 4.78 is 26.5. The maximum Gasteiger partial charge on any atom is 0.250 e. The lowest BCUT2D eigenvalue weighted by molar-refractivity contribution is -0.124. The topological polar surface area (TPSA) is 90.0 Å². The zero-order chi connectivity index (χ0) is 22.9. The Labute approximate surface area is 192 Å². The molecule has 2 aliphatic rings. The lowest BCUT2D eigenvalue weighted by atomic mass is 9.96. The van der Waals surface area contributed by atoms with Crippen LogP contribution in [0.25, 0.3) is 0 Å². The van der Waals surface area contributed by atoms with Crippen molar-refractivity contribution in [1.29, 1.82) is 0 Å². The van der Waals surface area contributed by atoms with Crippen LogP contribution in [-0.2, 0) is 26.0 Å². The largest absolute Gasteiger partial charge is 0.358 e. The molecular weight excluding hydrogens is 448 g/mol. The summed E-state index contributed by atoms with van der Waals surface area (Å²) in [5.74, 6) is -0.406. The average Bonchev–Trinajstić information content (AvgIpc) is 3.29. The summed E-state index contributed by atoms with van der Waals surface area (Å²) in [5.41, 5.74) is 1.28. The maximum atomic E-state index is 13.4. The van der Waals surface area contributed by atoms with E-state index in [1.54, 1.807) is 23.5 Å². The van der Waals surface area contributed by atoms with Crippen molar-refractivity contribution in [3.8, 4) is 0 Å². The summed E-state index contributed by atoms with van der Waals surface area (Å²) in [6.07, 6.45) is 3.39. The van der Waals surface area contributed by atoms with Crippen LogP contribution in [0, 0.1) is 0 Å². The molecule has 1 fully saturated rings. The van der Waals surface area contributed by atoms with Crippen LogP contribution in [0.1, 0.15) is 24.1 Å². The fraction of sp³-hybridized carbons (Fsp3) is 0.455. The molecule has 4 rings (SSSR count). The van der Waals surface area contributed by atoms with Gasteiger partial charge in [0.15, 0.2) is 0 Å². The molecular formula is C22H28N4O4S2. The van der Waals surface area contributed by atoms with E-state index < -0.39 is 10.0 Å². The first-order valence-electron chi connectivity index (χ1n) is 10.7. The van der Waals surface area contributed by atoms with Crippen LogP contribution in [0.5, 0.6) is 0 Å². The Morgan fingerprint density at radius 2 is 2.03 bits per heavy atom. The molecule has 0 unspecified atom stereocenters. The zero-order valence-corrected chi connectivity index (χ0v) is 19.9. The average molecular weight is 477 g/mol. The predicted molar refractivity (Wildman–Crippen MR) is 126 cm³/mol. The van der Waals surface area contributed by atoms with Gasteiger partial charge in [0, 0.05) is 32.1 Å². The highest BCUT2D eigenvalue weighted by Gasteiger charge is 2.40. The van der Waals surface area contributed by atoms with Crippen molar-refractivity contribution < 1.29 is 18.0 Å². The Bertz CT molecular complexity index is 1100. The fourth-order valence-corrected chi connectivity index (χ4v) is 5.88. The van der Waals surface area contributed by atoms with Crippen molar-refractivity contribution in [2.75, 3.05) is 43.5 Å². The van der Waals surface area contributed by atoms with Gasteiger partial charge in [-0.2, -0.15) is 0 Å². The number of benzene rings is 1. The lowest BCUT2D eigenvalue weighted by Crippen LogP contribution is -2.57. The number of anilines is 2. The molecule has 0 bridgehead atoms. The third kappa shape index (κ3) is 4.39. The normalized spacial score (nSPS) is 18.5. The first-order valence-corrected chi connectivity index (χ1v) is 13.0. The van der Waals surface area contributed by atoms with Crippen LogP contribution in [0.4, 0.5) is 11.4 Å². The summed E-state index contributed by atoms with van der Waals surface area (Å²) in [6, 6.07) is 8.54. The molecule has 1 saturated heterocycles. The van der Waals surface area contributed by atoms with Crippen LogP contribution in [-0.4, -0.2) is 64.3 Å². The summed E-state index contributed by atoms with van der Waals surface area (Å²) in [4.78, 5) is 30.9. The molecule has 8 nitrogen and oxygen atoms in total. The Kier molecular flexibility index (Phi) is 6.55. The van der Waals surface area contributed by atoms with E-state index >= 15 is 0 Å². The summed E-state index contributed by atoms with van der Waals surface area (Å²) in [7, 11) is -0.728. The second kappa shape index (κ2) is 9.21. The smallest absolute Gasteiger partial charge is 0.250 e. The number of fused-ring (bicyclic) bond motifs is 3. The zero-order valence-electron chi connectivity index (χ0n) is 18.3. The number of nitrogens with zero attached hydrogens (tertiary/aromatic N) is 3. The Balaban J connectivity index is 1.60. The van der Waals surface area contributed by atoms with Crippen LogP contribution in [0.2, 0.25) is 0 Å². The first-order chi connectivity index (χ1) is 15.3. The monoisotopic (exact) mass is 476 g/mol. The minimum absolute atomic E-state index is 0.104. The number of carbonyl (C=O) groups excluding carboxylic acids is 2. The number of sulfonamides is 1. The van der Waals surface area contributed by atoms with E-state index in [9.17, 15) is 18.0 Å². The van der Waals surface area contributed by atoms with Crippen molar-refractivity contribution in [1.82, 2.24) is 9.62 Å². The Hall–Kier alpha value is -2.43. The molecule has 2 aromatic rings. The molecule has 172 valence electrons. The number of rotatable bonds is 7. The second-order valence-corrected chi connectivity index (χ2v) is 11.4. The van der Waals surface area contributed by atoms with Crippen LogP contribution in [0.15, 0.2) is 40.6 Å². The highest BCUT2D eigenvalue weighted by Crippen LogP contribution is 2.40. The summed E-state index contributed by atoms with van der Waals surface area (Å²) in [6.45, 7) is 1.09. The van der Waals surface area contributed by atoms with Crippen LogP contribution < -0.4 is 15.1 Å². The van der Waals surface area contributed by atoms with E-state index in [4.69, 9.17) is 0 Å². The number of piperidine rings is 1. The third-order valence-corrected chi connectivity index (χ3v) is 8.70. The van der Waals surface area contributed by atoms with Crippen molar-refractivity contribution in [3.63, 3.8) is 0 Å². The van der Waals surface area contributed by atoms with Gasteiger partial charge < -0.3 is 10.2 Å². The number of carbonyl (C=O) groups is 2. The van der Waals surface area contributed by atoms with Gasteiger partial charge in [-0.3, -0.25) is 14.5 Å². The van der Waals surface area contributed by atoms with Gasteiger partial charge in [0.2, 0.25) is 21.8 Å². The molecule has 10 heteroatoms. The Morgan fingerprint density at radius 1 is 1.22 bits per heavy atom. The molecule has 1 aromatic heterocycles. The standard InChI is InChI=1S/C22H28N4O4S2/c1-24(2)32(29,30)17-8-9-18-20(14-17)26(22(28)19-7-3-4-12-25(18)19)15-21(27)23-11-10-16-6-5-13-31-16/h5-6,8-9,13-14,19H,3-4,7,10-12,15H2,1-2H3,(H,23,27)/t19-/m0/s1. The molecule has 1 atom stereocenters. The van der Waals surface area contributed by atoms with Gasteiger partial charge in [0.05, 0.1) is 16.3 Å². The quantitative estimate of drug-likeness (QED) is 0.661. The lowest BCUT2D eigenvalue weighted by Gasteiger charge is -2.45. The molecule has 2 amide bonds. The molecule has 2 aliphatic heterocycles. The van der Waals surface area contributed by atoms with Gasteiger partial charge in [-0.05, 0) is 55.3 Å². The van der Waals surface area contributed by atoms with Crippen molar-refractivity contribution >= 4 is 44.5 Å². The number of nitrogens with one attached hydrogen (secondary N) is 1. The minimum Gasteiger partial charge on any atom is -0.358 e. The highest BCUT2D eigenvalue weighted by molar-refractivity contribution is 7.89. The molecule has 32 heavy (non-hydrogen) atoms. The molecule has 0 aliphatic carbocycles. The molecule has 1 aromatic carbocycles. The van der Waals surface area contributed by atoms with Gasteiger partial charge in [0.1, 0.15) is 12.6 Å². The van der Waals surface area contributed by atoms with E-state index in [0.29, 0.717) is 12.2 Å². The predicted octanol–water partition coefficient (Wildman–Crippen LogP) is 2.06. The third-order valence-electron chi connectivity index (χ3n) is 5.95. The number of hydrogen-bond acceptors (Lipinski definition) is 6. The summed E-state index contributed by atoms with van der Waals surface area (Å²) >= 11 is 1.64. The van der Waals surface area contributed by atoms with Gasteiger partial charge in [-0.1, -0.05) is 6.07 Å². The van der Waals surface area contributed by atoms with E-state index in [2.05, 4.69) is 10.2 Å². The maximum absolute atomic E-state index is 13.4. The Morgan fingerprint density at radius 3 is 2.75 bits per heavy atom.